The molecule has 0 radical (unpaired) electrons. The standard InChI is InChI=1S/C15H14N2O4/c1-10-2-4-11(5-3-10)9-16-12-6-7-14(17(20)21)13(8-12)15(18)19/h2-8,16H,9H2,1H3,(H,18,19). The Morgan fingerprint density at radius 1 is 1.24 bits per heavy atom. The first-order chi connectivity index (χ1) is 9.97. The largest absolute Gasteiger partial charge is 0.477 e. The van der Waals surface area contributed by atoms with E-state index in [1.54, 1.807) is 0 Å². The lowest BCUT2D eigenvalue weighted by Crippen LogP contribution is -2.05. The molecule has 2 aromatic rings. The Kier molecular flexibility index (Phi) is 4.18. The molecule has 0 spiro atoms. The van der Waals surface area contributed by atoms with Gasteiger partial charge >= 0.3 is 5.97 Å². The van der Waals surface area contributed by atoms with Crippen molar-refractivity contribution in [2.75, 3.05) is 5.32 Å². The second kappa shape index (κ2) is 6.04. The van der Waals surface area contributed by atoms with E-state index in [9.17, 15) is 14.9 Å². The third-order valence-corrected chi connectivity index (χ3v) is 3.04. The van der Waals surface area contributed by atoms with Crippen LogP contribution in [0.15, 0.2) is 42.5 Å². The molecule has 0 saturated heterocycles. The first-order valence-corrected chi connectivity index (χ1v) is 6.28. The maximum atomic E-state index is 11.1. The number of nitrogens with zero attached hydrogens (tertiary/aromatic N) is 1. The first kappa shape index (κ1) is 14.5. The Bertz CT molecular complexity index is 681. The predicted molar refractivity (Wildman–Crippen MR) is 78.6 cm³/mol. The molecule has 0 aliphatic heterocycles. The van der Waals surface area contributed by atoms with Gasteiger partial charge in [0.2, 0.25) is 0 Å². The highest BCUT2D eigenvalue weighted by molar-refractivity contribution is 5.93. The number of nitro benzene ring substituents is 1. The van der Waals surface area contributed by atoms with Crippen LogP contribution in [0.3, 0.4) is 0 Å². The van der Waals surface area contributed by atoms with E-state index in [4.69, 9.17) is 5.11 Å². The number of aryl methyl sites for hydroxylation is 1. The molecule has 2 aromatic carbocycles. The number of rotatable bonds is 5. The first-order valence-electron chi connectivity index (χ1n) is 6.28. The summed E-state index contributed by atoms with van der Waals surface area (Å²) in [5, 5.41) is 22.8. The molecule has 0 heterocycles. The molecule has 0 bridgehead atoms. The average Bonchev–Trinajstić information content (AvgIpc) is 2.46. The van der Waals surface area contributed by atoms with Crippen LogP contribution in [-0.2, 0) is 6.54 Å². The molecule has 0 fully saturated rings. The van der Waals surface area contributed by atoms with E-state index in [0.29, 0.717) is 12.2 Å². The molecule has 0 amide bonds. The van der Waals surface area contributed by atoms with Gasteiger partial charge < -0.3 is 10.4 Å². The fraction of sp³-hybridized carbons (Fsp3) is 0.133. The van der Waals surface area contributed by atoms with Crippen LogP contribution in [0.1, 0.15) is 21.5 Å². The highest BCUT2D eigenvalue weighted by atomic mass is 16.6. The van der Waals surface area contributed by atoms with Crippen molar-refractivity contribution in [3.8, 4) is 0 Å². The van der Waals surface area contributed by atoms with Gasteiger partial charge in [0.15, 0.2) is 0 Å². The lowest BCUT2D eigenvalue weighted by Gasteiger charge is -2.08. The number of aromatic carboxylic acids is 1. The highest BCUT2D eigenvalue weighted by Crippen LogP contribution is 2.23. The maximum Gasteiger partial charge on any atom is 0.342 e. The number of benzene rings is 2. The van der Waals surface area contributed by atoms with Crippen molar-refractivity contribution < 1.29 is 14.8 Å². The minimum absolute atomic E-state index is 0.325. The summed E-state index contributed by atoms with van der Waals surface area (Å²) < 4.78 is 0. The molecule has 0 saturated carbocycles. The molecule has 0 atom stereocenters. The van der Waals surface area contributed by atoms with Gasteiger partial charge in [-0.05, 0) is 24.6 Å². The van der Waals surface area contributed by atoms with E-state index in [1.807, 2.05) is 31.2 Å². The van der Waals surface area contributed by atoms with Gasteiger partial charge in [-0.15, -0.1) is 0 Å². The third kappa shape index (κ3) is 3.56. The van der Waals surface area contributed by atoms with Crippen LogP contribution in [0.2, 0.25) is 0 Å². The molecule has 2 N–H and O–H groups in total. The van der Waals surface area contributed by atoms with Gasteiger partial charge in [0.05, 0.1) is 4.92 Å². The van der Waals surface area contributed by atoms with Crippen LogP contribution in [0.5, 0.6) is 0 Å². The van der Waals surface area contributed by atoms with Crippen molar-refractivity contribution in [1.29, 1.82) is 0 Å². The normalized spacial score (nSPS) is 10.1. The van der Waals surface area contributed by atoms with E-state index < -0.39 is 16.6 Å². The smallest absolute Gasteiger partial charge is 0.342 e. The zero-order valence-electron chi connectivity index (χ0n) is 11.4. The molecule has 0 aliphatic rings. The molecular formula is C15H14N2O4. The van der Waals surface area contributed by atoms with Gasteiger partial charge in [0.25, 0.3) is 5.69 Å². The molecular weight excluding hydrogens is 272 g/mol. The molecule has 21 heavy (non-hydrogen) atoms. The number of carboxylic acids is 1. The Labute approximate surface area is 121 Å². The maximum absolute atomic E-state index is 11.1. The summed E-state index contributed by atoms with van der Waals surface area (Å²) in [7, 11) is 0. The van der Waals surface area contributed by atoms with Crippen molar-refractivity contribution in [1.82, 2.24) is 0 Å². The Hall–Kier alpha value is -2.89. The molecule has 108 valence electrons. The van der Waals surface area contributed by atoms with E-state index in [-0.39, 0.29) is 5.56 Å². The van der Waals surface area contributed by atoms with Gasteiger partial charge in [-0.2, -0.15) is 0 Å². The molecule has 0 aromatic heterocycles. The molecule has 6 nitrogen and oxygen atoms in total. The SMILES string of the molecule is Cc1ccc(CNc2ccc([N+](=O)[O-])c(C(=O)O)c2)cc1. The third-order valence-electron chi connectivity index (χ3n) is 3.04. The topological polar surface area (TPSA) is 92.5 Å². The van der Waals surface area contributed by atoms with Gasteiger partial charge in [-0.1, -0.05) is 29.8 Å². The number of nitro groups is 1. The zero-order chi connectivity index (χ0) is 15.4. The second-order valence-electron chi connectivity index (χ2n) is 4.63. The summed E-state index contributed by atoms with van der Waals surface area (Å²) in [6.07, 6.45) is 0. The van der Waals surface area contributed by atoms with E-state index in [0.717, 1.165) is 11.1 Å². The zero-order valence-corrected chi connectivity index (χ0v) is 11.4. The van der Waals surface area contributed by atoms with Crippen molar-refractivity contribution in [3.05, 3.63) is 69.3 Å². The molecule has 2 rings (SSSR count). The fourth-order valence-electron chi connectivity index (χ4n) is 1.89. The summed E-state index contributed by atoms with van der Waals surface area (Å²) >= 11 is 0. The van der Waals surface area contributed by atoms with Crippen molar-refractivity contribution >= 4 is 17.3 Å². The molecule has 6 heteroatoms. The average molecular weight is 286 g/mol. The van der Waals surface area contributed by atoms with E-state index >= 15 is 0 Å². The lowest BCUT2D eigenvalue weighted by atomic mass is 10.1. The number of carboxylic acid groups (broad SMARTS) is 1. The minimum atomic E-state index is -1.32. The van der Waals surface area contributed by atoms with Gasteiger partial charge in [-0.25, -0.2) is 4.79 Å². The van der Waals surface area contributed by atoms with Crippen LogP contribution in [0.25, 0.3) is 0 Å². The van der Waals surface area contributed by atoms with E-state index in [1.165, 1.54) is 18.2 Å². The predicted octanol–water partition coefficient (Wildman–Crippen LogP) is 3.21. The Morgan fingerprint density at radius 2 is 1.90 bits per heavy atom. The van der Waals surface area contributed by atoms with Crippen LogP contribution >= 0.6 is 0 Å². The van der Waals surface area contributed by atoms with Crippen molar-refractivity contribution in [3.63, 3.8) is 0 Å². The molecule has 0 unspecified atom stereocenters. The second-order valence-corrected chi connectivity index (χ2v) is 4.63. The summed E-state index contributed by atoms with van der Waals surface area (Å²) in [4.78, 5) is 21.1. The quantitative estimate of drug-likeness (QED) is 0.650. The summed E-state index contributed by atoms with van der Waals surface area (Å²) in [5.74, 6) is -1.32. The van der Waals surface area contributed by atoms with Gasteiger partial charge in [-0.3, -0.25) is 10.1 Å². The van der Waals surface area contributed by atoms with Crippen LogP contribution < -0.4 is 5.32 Å². The van der Waals surface area contributed by atoms with Crippen LogP contribution in [0.4, 0.5) is 11.4 Å². The Morgan fingerprint density at radius 3 is 2.48 bits per heavy atom. The van der Waals surface area contributed by atoms with E-state index in [2.05, 4.69) is 5.32 Å². The molecule has 0 aliphatic carbocycles. The van der Waals surface area contributed by atoms with Gasteiger partial charge in [0, 0.05) is 18.3 Å². The monoisotopic (exact) mass is 286 g/mol. The van der Waals surface area contributed by atoms with Crippen molar-refractivity contribution in [2.45, 2.75) is 13.5 Å². The summed E-state index contributed by atoms with van der Waals surface area (Å²) in [6, 6.07) is 11.9. The summed E-state index contributed by atoms with van der Waals surface area (Å²) in [5.41, 5.74) is 1.98. The van der Waals surface area contributed by atoms with Crippen LogP contribution in [0, 0.1) is 17.0 Å². The van der Waals surface area contributed by atoms with Crippen molar-refractivity contribution in [2.24, 2.45) is 0 Å². The minimum Gasteiger partial charge on any atom is -0.477 e. The number of hydrogen-bond acceptors (Lipinski definition) is 4. The summed E-state index contributed by atoms with van der Waals surface area (Å²) in [6.45, 7) is 2.50. The number of anilines is 1. The van der Waals surface area contributed by atoms with Gasteiger partial charge in [0.1, 0.15) is 5.56 Å². The lowest BCUT2D eigenvalue weighted by molar-refractivity contribution is -0.385. The highest BCUT2D eigenvalue weighted by Gasteiger charge is 2.19. The Balaban J connectivity index is 2.17. The number of carbonyl (C=O) groups is 1. The number of nitrogens with one attached hydrogen (secondary N) is 1. The number of hydrogen-bond donors (Lipinski definition) is 2. The van der Waals surface area contributed by atoms with Crippen LogP contribution in [-0.4, -0.2) is 16.0 Å². The fourth-order valence-corrected chi connectivity index (χ4v) is 1.89.